The first kappa shape index (κ1) is 11.2. The molecular weight excluding hydrogens is 198 g/mol. The zero-order chi connectivity index (χ0) is 11.1. The lowest BCUT2D eigenvalue weighted by atomic mass is 10.2. The van der Waals surface area contributed by atoms with Gasteiger partial charge >= 0.3 is 0 Å². The minimum absolute atomic E-state index is 0.105. The van der Waals surface area contributed by atoms with Crippen molar-refractivity contribution >= 4 is 11.8 Å². The van der Waals surface area contributed by atoms with E-state index in [1.54, 1.807) is 12.5 Å². The second kappa shape index (κ2) is 5.77. The first-order valence-corrected chi connectivity index (χ1v) is 4.38. The molecule has 1 aromatic rings. The Kier molecular flexibility index (Phi) is 4.30. The van der Waals surface area contributed by atoms with Crippen LogP contribution in [0.2, 0.25) is 0 Å². The van der Waals surface area contributed by atoms with Crippen LogP contribution in [0.4, 0.5) is 0 Å². The fraction of sp³-hybridized carbons (Fsp3) is 0.200. The Balaban J connectivity index is 0.000000187. The van der Waals surface area contributed by atoms with Crippen molar-refractivity contribution in [3.63, 3.8) is 0 Å². The lowest BCUT2D eigenvalue weighted by Crippen LogP contribution is -2.22. The summed E-state index contributed by atoms with van der Waals surface area (Å²) in [5, 5.41) is 10.5. The fourth-order valence-electron chi connectivity index (χ4n) is 0.985. The molecule has 1 aliphatic heterocycles. The van der Waals surface area contributed by atoms with Gasteiger partial charge in [0.1, 0.15) is 0 Å². The molecule has 5 heteroatoms. The smallest absolute Gasteiger partial charge is 0.254 e. The van der Waals surface area contributed by atoms with Crippen molar-refractivity contribution < 1.29 is 19.1 Å². The summed E-state index contributed by atoms with van der Waals surface area (Å²) < 4.78 is 4.58. The molecule has 0 radical (unpaired) electrons. The molecule has 0 fully saturated rings. The maximum atomic E-state index is 10.7. The summed E-state index contributed by atoms with van der Waals surface area (Å²) in [7, 11) is 0. The van der Waals surface area contributed by atoms with E-state index in [2.05, 4.69) is 9.73 Å². The van der Waals surface area contributed by atoms with Gasteiger partial charge < -0.3 is 9.52 Å². The van der Waals surface area contributed by atoms with Crippen molar-refractivity contribution in [3.05, 3.63) is 36.3 Å². The third kappa shape index (κ3) is 3.78. The van der Waals surface area contributed by atoms with E-state index < -0.39 is 5.91 Å². The van der Waals surface area contributed by atoms with Gasteiger partial charge in [0.2, 0.25) is 0 Å². The molecule has 2 heterocycles. The number of carbonyl (C=O) groups is 2. The zero-order valence-corrected chi connectivity index (χ0v) is 7.97. The molecule has 0 saturated heterocycles. The Labute approximate surface area is 86.4 Å². The lowest BCUT2D eigenvalue weighted by molar-refractivity contribution is -0.123. The molecule has 0 saturated carbocycles. The van der Waals surface area contributed by atoms with Crippen LogP contribution >= 0.6 is 0 Å². The molecule has 0 aromatic carbocycles. The summed E-state index contributed by atoms with van der Waals surface area (Å²) in [5.74, 6) is -0.785. The van der Waals surface area contributed by atoms with Crippen molar-refractivity contribution in [2.24, 2.45) is 0 Å². The van der Waals surface area contributed by atoms with Crippen molar-refractivity contribution in [2.45, 2.75) is 6.42 Å². The Morgan fingerprint density at radius 2 is 1.93 bits per heavy atom. The highest BCUT2D eigenvalue weighted by molar-refractivity contribution is 6.16. The molecule has 0 aliphatic carbocycles. The Bertz CT molecular complexity index is 336. The number of hydrogen-bond acceptors (Lipinski definition) is 4. The van der Waals surface area contributed by atoms with Crippen LogP contribution in [0.5, 0.6) is 0 Å². The van der Waals surface area contributed by atoms with E-state index in [1.807, 2.05) is 12.1 Å². The summed E-state index contributed by atoms with van der Waals surface area (Å²) >= 11 is 0. The van der Waals surface area contributed by atoms with Crippen molar-refractivity contribution in [1.29, 1.82) is 0 Å². The highest BCUT2D eigenvalue weighted by Gasteiger charge is 2.19. The Morgan fingerprint density at radius 1 is 1.27 bits per heavy atom. The second-order valence-corrected chi connectivity index (χ2v) is 2.75. The quantitative estimate of drug-likeness (QED) is 0.683. The topological polar surface area (TPSA) is 79.5 Å². The summed E-state index contributed by atoms with van der Waals surface area (Å²) in [4.78, 5) is 21.1. The van der Waals surface area contributed by atoms with Crippen LogP contribution in [-0.2, 0) is 9.59 Å². The molecule has 2 rings (SSSR count). The summed E-state index contributed by atoms with van der Waals surface area (Å²) in [6.45, 7) is -0.105. The Morgan fingerprint density at radius 3 is 2.27 bits per heavy atom. The molecule has 0 bridgehead atoms. The maximum Gasteiger partial charge on any atom is 0.254 e. The Hall–Kier alpha value is -1.88. The summed E-state index contributed by atoms with van der Waals surface area (Å²) in [5.41, 5.74) is 0.354. The lowest BCUT2D eigenvalue weighted by Gasteiger charge is -1.92. The minimum Gasteiger partial charge on any atom is -0.473 e. The van der Waals surface area contributed by atoms with Crippen molar-refractivity contribution in [1.82, 2.24) is 5.32 Å². The van der Waals surface area contributed by atoms with Crippen LogP contribution in [0, 0.1) is 0 Å². The zero-order valence-electron chi connectivity index (χ0n) is 7.97. The van der Waals surface area contributed by atoms with Gasteiger partial charge in [-0.25, -0.2) is 0 Å². The number of aliphatic hydroxyl groups excluding tert-OH is 1. The van der Waals surface area contributed by atoms with Crippen LogP contribution in [0.3, 0.4) is 0 Å². The average molecular weight is 209 g/mol. The van der Waals surface area contributed by atoms with Crippen LogP contribution in [0.15, 0.2) is 40.7 Å². The molecule has 2 N–H and O–H groups in total. The predicted octanol–water partition coefficient (Wildman–Crippen LogP) is 0.231. The molecule has 1 aromatic heterocycles. The van der Waals surface area contributed by atoms with Gasteiger partial charge in [-0.05, 0) is 12.1 Å². The normalized spacial score (nSPS) is 14.1. The maximum absolute atomic E-state index is 10.7. The minimum atomic E-state index is -0.395. The van der Waals surface area contributed by atoms with Crippen LogP contribution in [0.25, 0.3) is 0 Å². The van der Waals surface area contributed by atoms with E-state index in [9.17, 15) is 9.59 Å². The number of carbonyl (C=O) groups excluding carboxylic acids is 2. The van der Waals surface area contributed by atoms with E-state index >= 15 is 0 Å². The molecule has 1 aliphatic rings. The van der Waals surface area contributed by atoms with Gasteiger partial charge in [0, 0.05) is 24.7 Å². The number of furan rings is 1. The highest BCUT2D eigenvalue weighted by Crippen LogP contribution is 2.05. The molecule has 5 nitrogen and oxygen atoms in total. The van der Waals surface area contributed by atoms with Crippen molar-refractivity contribution in [2.75, 3.05) is 6.61 Å². The van der Waals surface area contributed by atoms with Crippen LogP contribution in [-0.4, -0.2) is 23.5 Å². The van der Waals surface area contributed by atoms with E-state index in [1.165, 1.54) is 6.08 Å². The second-order valence-electron chi connectivity index (χ2n) is 2.75. The molecule has 0 atom stereocenters. The molecular formula is C10H11NO4. The largest absolute Gasteiger partial charge is 0.473 e. The van der Waals surface area contributed by atoms with Crippen LogP contribution < -0.4 is 5.32 Å². The highest BCUT2D eigenvalue weighted by atomic mass is 16.3. The molecule has 0 unspecified atom stereocenters. The van der Waals surface area contributed by atoms with Gasteiger partial charge in [0.15, 0.2) is 0 Å². The van der Waals surface area contributed by atoms with E-state index in [4.69, 9.17) is 5.11 Å². The number of amides is 2. The predicted molar refractivity (Wildman–Crippen MR) is 51.6 cm³/mol. The van der Waals surface area contributed by atoms with E-state index in [0.717, 1.165) is 0 Å². The average Bonchev–Trinajstić information content (AvgIpc) is 2.81. The van der Waals surface area contributed by atoms with Crippen molar-refractivity contribution in [3.8, 4) is 0 Å². The SMILES string of the molecule is O=C1C=C(CCO)C(=O)N1.c1ccoc1. The van der Waals surface area contributed by atoms with Gasteiger partial charge in [-0.2, -0.15) is 0 Å². The van der Waals surface area contributed by atoms with Gasteiger partial charge in [0.05, 0.1) is 12.5 Å². The van der Waals surface area contributed by atoms with E-state index in [0.29, 0.717) is 5.57 Å². The fourth-order valence-corrected chi connectivity index (χ4v) is 0.985. The number of imide groups is 1. The summed E-state index contributed by atoms with van der Waals surface area (Å²) in [6, 6.07) is 3.67. The van der Waals surface area contributed by atoms with Gasteiger partial charge in [0.25, 0.3) is 11.8 Å². The molecule has 2 amide bonds. The number of aliphatic hydroxyl groups is 1. The van der Waals surface area contributed by atoms with Crippen LogP contribution in [0.1, 0.15) is 6.42 Å². The monoisotopic (exact) mass is 209 g/mol. The number of hydrogen-bond donors (Lipinski definition) is 2. The first-order valence-electron chi connectivity index (χ1n) is 4.38. The molecule has 80 valence electrons. The standard InChI is InChI=1S/C6H7NO3.C4H4O/c8-2-1-4-3-5(9)7-6(4)10;1-2-4-5-3-1/h3,8H,1-2H2,(H,7,9,10);1-4H. The third-order valence-corrected chi connectivity index (χ3v) is 1.64. The number of nitrogens with one attached hydrogen (secondary N) is 1. The number of rotatable bonds is 2. The van der Waals surface area contributed by atoms with Gasteiger partial charge in [-0.15, -0.1) is 0 Å². The summed E-state index contributed by atoms with van der Waals surface area (Å²) in [6.07, 6.45) is 4.70. The molecule has 15 heavy (non-hydrogen) atoms. The molecule has 0 spiro atoms. The van der Waals surface area contributed by atoms with Gasteiger partial charge in [-0.1, -0.05) is 0 Å². The first-order chi connectivity index (χ1) is 7.24. The van der Waals surface area contributed by atoms with Gasteiger partial charge in [-0.3, -0.25) is 14.9 Å². The third-order valence-electron chi connectivity index (χ3n) is 1.64. The van der Waals surface area contributed by atoms with E-state index in [-0.39, 0.29) is 18.9 Å².